The van der Waals surface area contributed by atoms with E-state index in [9.17, 15) is 17.6 Å². The lowest BCUT2D eigenvalue weighted by Gasteiger charge is -2.09. The Morgan fingerprint density at radius 3 is 2.71 bits per heavy atom. The number of nitrogens with two attached hydrogens (primary N) is 1. The van der Waals surface area contributed by atoms with Gasteiger partial charge in [-0.3, -0.25) is 10.2 Å². The first kappa shape index (κ1) is 20.1. The van der Waals surface area contributed by atoms with Gasteiger partial charge in [-0.25, -0.2) is 17.9 Å². The first-order chi connectivity index (χ1) is 13.1. The summed E-state index contributed by atoms with van der Waals surface area (Å²) in [6, 6.07) is 8.12. The Morgan fingerprint density at radius 2 is 2.04 bits per heavy atom. The predicted molar refractivity (Wildman–Crippen MR) is 109 cm³/mol. The molecule has 3 rings (SSSR count). The second-order valence-corrected chi connectivity index (χ2v) is 8.12. The number of halogens is 2. The van der Waals surface area contributed by atoms with E-state index in [2.05, 4.69) is 15.8 Å². The molecule has 0 aromatic heterocycles. The Morgan fingerprint density at radius 1 is 1.32 bits per heavy atom. The number of nitrogens with one attached hydrogen (secondary N) is 2. The summed E-state index contributed by atoms with van der Waals surface area (Å²) in [6.45, 7) is 0. The van der Waals surface area contributed by atoms with E-state index in [1.165, 1.54) is 36.2 Å². The highest BCUT2D eigenvalue weighted by atomic mass is 35.5. The van der Waals surface area contributed by atoms with E-state index < -0.39 is 21.7 Å². The summed E-state index contributed by atoms with van der Waals surface area (Å²) >= 11 is 10.9. The molecular formula is C16H13ClFN5O3S2. The molecule has 0 unspecified atom stereocenters. The van der Waals surface area contributed by atoms with Gasteiger partial charge in [0.15, 0.2) is 10.8 Å². The summed E-state index contributed by atoms with van der Waals surface area (Å²) in [5.41, 5.74) is 3.46. The highest BCUT2D eigenvalue weighted by Gasteiger charge is 2.33. The molecule has 1 heterocycles. The van der Waals surface area contributed by atoms with Crippen molar-refractivity contribution in [2.45, 2.75) is 4.90 Å². The molecule has 8 nitrogen and oxygen atoms in total. The van der Waals surface area contributed by atoms with Gasteiger partial charge in [0.25, 0.3) is 5.91 Å². The monoisotopic (exact) mass is 441 g/mol. The van der Waals surface area contributed by atoms with Gasteiger partial charge in [-0.15, -0.1) is 0 Å². The lowest BCUT2D eigenvalue weighted by atomic mass is 10.1. The van der Waals surface area contributed by atoms with Gasteiger partial charge in [0.05, 0.1) is 15.6 Å². The van der Waals surface area contributed by atoms with E-state index in [4.69, 9.17) is 29.0 Å². The fraction of sp³-hybridized carbons (Fsp3) is 0.0625. The number of hydrazone groups is 1. The molecule has 0 atom stereocenters. The number of anilines is 2. The van der Waals surface area contributed by atoms with E-state index in [0.717, 1.165) is 6.07 Å². The third-order valence-corrected chi connectivity index (χ3v) is 5.25. The lowest BCUT2D eigenvalue weighted by Crippen LogP contribution is -2.30. The van der Waals surface area contributed by atoms with Crippen molar-refractivity contribution < 1.29 is 17.6 Å². The quantitative estimate of drug-likeness (QED) is 0.494. The third kappa shape index (κ3) is 3.97. The molecule has 0 aliphatic carbocycles. The number of thiocarbonyl (C=S) groups is 1. The van der Waals surface area contributed by atoms with Crippen molar-refractivity contribution >= 4 is 61.9 Å². The van der Waals surface area contributed by atoms with Crippen molar-refractivity contribution in [2.75, 3.05) is 17.3 Å². The first-order valence-corrected chi connectivity index (χ1v) is 9.96. The van der Waals surface area contributed by atoms with Crippen molar-refractivity contribution in [2.24, 2.45) is 10.2 Å². The van der Waals surface area contributed by atoms with Crippen molar-refractivity contribution in [3.63, 3.8) is 0 Å². The summed E-state index contributed by atoms with van der Waals surface area (Å²) in [5, 5.41) is 11.6. The Kier molecular flexibility index (Phi) is 5.35. The largest absolute Gasteiger partial charge is 0.331 e. The van der Waals surface area contributed by atoms with Crippen molar-refractivity contribution in [1.29, 1.82) is 0 Å². The van der Waals surface area contributed by atoms with Gasteiger partial charge < -0.3 is 10.2 Å². The van der Waals surface area contributed by atoms with E-state index in [1.54, 1.807) is 6.07 Å². The summed E-state index contributed by atoms with van der Waals surface area (Å²) < 4.78 is 36.6. The number of carbonyl (C=O) groups excluding carboxylic acids is 1. The van der Waals surface area contributed by atoms with Crippen LogP contribution < -0.4 is 20.8 Å². The number of hydrogen-bond donors (Lipinski definition) is 3. The highest BCUT2D eigenvalue weighted by molar-refractivity contribution is 7.89. The fourth-order valence-electron chi connectivity index (χ4n) is 2.51. The minimum atomic E-state index is -3.87. The summed E-state index contributed by atoms with van der Waals surface area (Å²) in [6.07, 6.45) is 0. The molecule has 1 aliphatic heterocycles. The van der Waals surface area contributed by atoms with Gasteiger partial charge in [-0.2, -0.15) is 5.10 Å². The van der Waals surface area contributed by atoms with Gasteiger partial charge in [-0.1, -0.05) is 17.7 Å². The molecule has 0 spiro atoms. The Bertz CT molecular complexity index is 1140. The lowest BCUT2D eigenvalue weighted by molar-refractivity contribution is -0.111. The normalized spacial score (nSPS) is 14.9. The Hall–Kier alpha value is -2.60. The van der Waals surface area contributed by atoms with Crippen LogP contribution in [-0.4, -0.2) is 32.2 Å². The zero-order chi connectivity index (χ0) is 20.6. The van der Waals surface area contributed by atoms with E-state index in [-0.39, 0.29) is 26.3 Å². The molecule has 28 heavy (non-hydrogen) atoms. The van der Waals surface area contributed by atoms with E-state index in [1.807, 2.05) is 0 Å². The summed E-state index contributed by atoms with van der Waals surface area (Å²) in [5.74, 6) is -1.15. The highest BCUT2D eigenvalue weighted by Crippen LogP contribution is 2.32. The minimum Gasteiger partial charge on any atom is -0.331 e. The van der Waals surface area contributed by atoms with Gasteiger partial charge in [0, 0.05) is 18.3 Å². The molecule has 146 valence electrons. The van der Waals surface area contributed by atoms with Crippen molar-refractivity contribution in [1.82, 2.24) is 5.43 Å². The number of nitrogens with zero attached hydrogens (tertiary/aromatic N) is 2. The molecule has 1 aliphatic rings. The smallest absolute Gasteiger partial charge is 0.279 e. The number of primary sulfonamides is 1. The number of fused-ring (bicyclic) bond motifs is 1. The topological polar surface area (TPSA) is 117 Å². The molecule has 2 aromatic rings. The SMILES string of the molecule is CN1C(=O)C(=NNC(=S)Nc2cccc(S(N)(=O)=O)c2)c2cc(F)c(Cl)cc21. The zero-order valence-corrected chi connectivity index (χ0v) is 16.6. The van der Waals surface area contributed by atoms with Crippen LogP contribution >= 0.6 is 23.8 Å². The maximum atomic E-state index is 13.8. The predicted octanol–water partition coefficient (Wildman–Crippen LogP) is 1.79. The van der Waals surface area contributed by atoms with Gasteiger partial charge in [-0.05, 0) is 42.5 Å². The van der Waals surface area contributed by atoms with E-state index in [0.29, 0.717) is 11.4 Å². The fourth-order valence-corrected chi connectivity index (χ4v) is 3.39. The van der Waals surface area contributed by atoms with Crippen LogP contribution in [0.2, 0.25) is 5.02 Å². The van der Waals surface area contributed by atoms with Gasteiger partial charge in [0.2, 0.25) is 10.0 Å². The molecule has 0 bridgehead atoms. The zero-order valence-electron chi connectivity index (χ0n) is 14.2. The van der Waals surface area contributed by atoms with Crippen molar-refractivity contribution in [3.8, 4) is 0 Å². The second-order valence-electron chi connectivity index (χ2n) is 5.75. The van der Waals surface area contributed by atoms with Crippen LogP contribution in [0.3, 0.4) is 0 Å². The molecule has 2 aromatic carbocycles. The van der Waals surface area contributed by atoms with Gasteiger partial charge in [0.1, 0.15) is 5.82 Å². The Labute approximate surface area is 170 Å². The molecule has 0 saturated carbocycles. The molecule has 0 fully saturated rings. The number of hydrogen-bond acceptors (Lipinski definition) is 5. The molecule has 1 amide bonds. The van der Waals surface area contributed by atoms with Crippen LogP contribution in [0.1, 0.15) is 5.56 Å². The molecule has 0 radical (unpaired) electrons. The Balaban J connectivity index is 1.80. The molecule has 12 heteroatoms. The molecule has 0 saturated heterocycles. The number of rotatable bonds is 3. The van der Waals surface area contributed by atoms with Crippen LogP contribution in [0.5, 0.6) is 0 Å². The molecular weight excluding hydrogens is 429 g/mol. The standard InChI is InChI=1S/C16H13ClFN5O3S2/c1-23-13-7-11(17)12(18)6-10(13)14(15(23)24)21-22-16(27)20-8-3-2-4-9(5-8)28(19,25)26/h2-7H,1H3,(H2,19,25,26)(H2,20,22,27). The first-order valence-electron chi connectivity index (χ1n) is 7.63. The maximum Gasteiger partial charge on any atom is 0.279 e. The van der Waals surface area contributed by atoms with Gasteiger partial charge >= 0.3 is 0 Å². The van der Waals surface area contributed by atoms with Crippen molar-refractivity contribution in [3.05, 3.63) is 52.8 Å². The third-order valence-electron chi connectivity index (χ3n) is 3.85. The average molecular weight is 442 g/mol. The maximum absolute atomic E-state index is 13.8. The average Bonchev–Trinajstić information content (AvgIpc) is 2.84. The van der Waals surface area contributed by atoms with Crippen LogP contribution in [-0.2, 0) is 14.8 Å². The number of carbonyl (C=O) groups is 1. The minimum absolute atomic E-state index is 0.0163. The number of likely N-dealkylation sites (N-methyl/N-ethyl adjacent to an activating group) is 1. The number of sulfonamides is 1. The van der Waals surface area contributed by atoms with Crippen LogP contribution in [0.25, 0.3) is 0 Å². The van der Waals surface area contributed by atoms with Crippen LogP contribution in [0.4, 0.5) is 15.8 Å². The number of benzene rings is 2. The van der Waals surface area contributed by atoms with Crippen LogP contribution in [0.15, 0.2) is 46.4 Å². The number of amides is 1. The summed E-state index contributed by atoms with van der Waals surface area (Å²) in [7, 11) is -2.36. The van der Waals surface area contributed by atoms with Crippen LogP contribution in [0, 0.1) is 5.82 Å². The second kappa shape index (κ2) is 7.43. The molecule has 4 N–H and O–H groups in total. The summed E-state index contributed by atoms with van der Waals surface area (Å²) in [4.78, 5) is 13.5. The van der Waals surface area contributed by atoms with E-state index >= 15 is 0 Å².